The van der Waals surface area contributed by atoms with Crippen molar-refractivity contribution in [2.45, 2.75) is 123 Å². The van der Waals surface area contributed by atoms with E-state index in [0.29, 0.717) is 24.1 Å². The standard InChI is InChI=1S/C48H78NO7P/c1-6-8-10-12-14-16-18-20-22-23-24-25-26-28-30-32-34-36-38-40-43-53-45-47(46-55-57(51,52)54-44-42-49(3,4)5)56-48(50)41-39-37-35-33-31-29-27-21-19-17-15-13-11-9-7-2/h8-11,14-17,20-22,24-25,27-28,30-31,33,37,39,47H,6-7,12-13,18-19,23,26,29,32,34-36,38,40-46H2,1-5H3/p+1/b10-8-,11-9-,16-14-,17-15-,22-20-,25-24-,27-21-,30-28-,33-31-,39-37-. The average Bonchev–Trinajstić information content (AvgIpc) is 3.16. The summed E-state index contributed by atoms with van der Waals surface area (Å²) in [4.78, 5) is 22.8. The number of nitrogens with zero attached hydrogens (tertiary/aromatic N) is 1. The molecule has 2 unspecified atom stereocenters. The van der Waals surface area contributed by atoms with E-state index in [-0.39, 0.29) is 26.2 Å². The second kappa shape index (κ2) is 39.7. The minimum absolute atomic E-state index is 0.0589. The molecule has 0 amide bonds. The highest BCUT2D eigenvalue weighted by atomic mass is 31.2. The zero-order chi connectivity index (χ0) is 42.0. The molecule has 0 aromatic heterocycles. The van der Waals surface area contributed by atoms with Crippen LogP contribution in [0.4, 0.5) is 0 Å². The number of carbonyl (C=O) groups excluding carboxylic acids is 1. The van der Waals surface area contributed by atoms with Gasteiger partial charge in [-0.1, -0.05) is 148 Å². The number of rotatable bonds is 37. The molecule has 1 N–H and O–H groups in total. The SMILES string of the molecule is CC/C=C\C/C=C\C/C=C\C/C=C\C/C=C\CCCCCCOCC(COP(=O)(O)OCC[N+](C)(C)C)OC(=O)C/C=C\C/C=C\C/C=C\C/C=C\C/C=C\CC. The number of phosphoric ester groups is 1. The van der Waals surface area contributed by atoms with Crippen molar-refractivity contribution in [3.8, 4) is 0 Å². The first-order chi connectivity index (χ1) is 27.6. The van der Waals surface area contributed by atoms with E-state index >= 15 is 0 Å². The van der Waals surface area contributed by atoms with Gasteiger partial charge in [0.05, 0.1) is 40.8 Å². The molecule has 0 radical (unpaired) electrons. The lowest BCUT2D eigenvalue weighted by Gasteiger charge is -2.24. The van der Waals surface area contributed by atoms with E-state index < -0.39 is 19.9 Å². The first-order valence-corrected chi connectivity index (χ1v) is 22.8. The smallest absolute Gasteiger partial charge is 0.457 e. The zero-order valence-corrected chi connectivity index (χ0v) is 37.2. The monoisotopic (exact) mass is 813 g/mol. The van der Waals surface area contributed by atoms with Crippen molar-refractivity contribution >= 4 is 13.8 Å². The van der Waals surface area contributed by atoms with Crippen LogP contribution >= 0.6 is 7.82 Å². The zero-order valence-electron chi connectivity index (χ0n) is 36.3. The quantitative estimate of drug-likeness (QED) is 0.0220. The molecule has 0 aliphatic heterocycles. The maximum absolute atomic E-state index is 12.6. The molecule has 0 bridgehead atoms. The summed E-state index contributed by atoms with van der Waals surface area (Å²) in [5.41, 5.74) is 0. The van der Waals surface area contributed by atoms with Crippen molar-refractivity contribution in [1.82, 2.24) is 0 Å². The Morgan fingerprint density at radius 1 is 0.544 bits per heavy atom. The van der Waals surface area contributed by atoms with Gasteiger partial charge in [-0.25, -0.2) is 4.57 Å². The van der Waals surface area contributed by atoms with E-state index in [0.717, 1.165) is 89.9 Å². The van der Waals surface area contributed by atoms with E-state index in [4.69, 9.17) is 18.5 Å². The third-order valence-electron chi connectivity index (χ3n) is 8.05. The van der Waals surface area contributed by atoms with E-state index in [9.17, 15) is 14.3 Å². The minimum atomic E-state index is -4.32. The molecule has 0 rings (SSSR count). The number of hydrogen-bond donors (Lipinski definition) is 1. The average molecular weight is 813 g/mol. The van der Waals surface area contributed by atoms with Gasteiger partial charge in [-0.15, -0.1) is 0 Å². The maximum atomic E-state index is 12.6. The molecule has 0 aliphatic carbocycles. The lowest BCUT2D eigenvalue weighted by atomic mass is 10.1. The van der Waals surface area contributed by atoms with Gasteiger partial charge in [0.25, 0.3) is 0 Å². The van der Waals surface area contributed by atoms with Gasteiger partial charge in [-0.2, -0.15) is 0 Å². The number of hydrogen-bond acceptors (Lipinski definition) is 6. The van der Waals surface area contributed by atoms with Crippen LogP contribution in [0, 0.1) is 0 Å². The van der Waals surface area contributed by atoms with Gasteiger partial charge in [0, 0.05) is 6.61 Å². The molecule has 0 fully saturated rings. The second-order valence-corrected chi connectivity index (χ2v) is 16.1. The molecular weight excluding hydrogens is 734 g/mol. The molecule has 2 atom stereocenters. The Kier molecular flexibility index (Phi) is 37.6. The van der Waals surface area contributed by atoms with Crippen LogP contribution in [-0.4, -0.2) is 75.6 Å². The summed E-state index contributed by atoms with van der Waals surface area (Å²) in [5.74, 6) is -0.456. The van der Waals surface area contributed by atoms with Crippen molar-refractivity contribution in [3.05, 3.63) is 122 Å². The largest absolute Gasteiger partial charge is 0.472 e. The van der Waals surface area contributed by atoms with Gasteiger partial charge in [-0.05, 0) is 83.5 Å². The summed E-state index contributed by atoms with van der Waals surface area (Å²) in [6, 6.07) is 0. The van der Waals surface area contributed by atoms with Gasteiger partial charge in [-0.3, -0.25) is 13.8 Å². The Morgan fingerprint density at radius 2 is 0.965 bits per heavy atom. The maximum Gasteiger partial charge on any atom is 0.472 e. The molecule has 0 aromatic rings. The van der Waals surface area contributed by atoms with Crippen molar-refractivity contribution in [3.63, 3.8) is 0 Å². The van der Waals surface area contributed by atoms with Crippen LogP contribution < -0.4 is 0 Å². The van der Waals surface area contributed by atoms with E-state index in [1.165, 1.54) is 0 Å². The van der Waals surface area contributed by atoms with E-state index in [2.05, 4.69) is 123 Å². The fraction of sp³-hybridized carbons (Fsp3) is 0.562. The Bertz CT molecular complexity index is 1310. The lowest BCUT2D eigenvalue weighted by molar-refractivity contribution is -0.870. The van der Waals surface area contributed by atoms with Crippen LogP contribution in [0.15, 0.2) is 122 Å². The molecule has 9 heteroatoms. The van der Waals surface area contributed by atoms with Crippen molar-refractivity contribution in [1.29, 1.82) is 0 Å². The predicted octanol–water partition coefficient (Wildman–Crippen LogP) is 12.6. The van der Waals surface area contributed by atoms with Gasteiger partial charge < -0.3 is 18.9 Å². The Labute approximate surface area is 348 Å². The highest BCUT2D eigenvalue weighted by Gasteiger charge is 2.26. The molecule has 57 heavy (non-hydrogen) atoms. The van der Waals surface area contributed by atoms with E-state index in [1.54, 1.807) is 6.08 Å². The van der Waals surface area contributed by atoms with E-state index in [1.807, 2.05) is 27.2 Å². The van der Waals surface area contributed by atoms with Crippen molar-refractivity contribution < 1.29 is 37.3 Å². The van der Waals surface area contributed by atoms with Crippen LogP contribution in [0.25, 0.3) is 0 Å². The van der Waals surface area contributed by atoms with Gasteiger partial charge in [0.2, 0.25) is 0 Å². The number of carbonyl (C=O) groups is 1. The summed E-state index contributed by atoms with van der Waals surface area (Å²) in [6.45, 7) is 5.14. The van der Waals surface area contributed by atoms with Gasteiger partial charge in [0.15, 0.2) is 0 Å². The van der Waals surface area contributed by atoms with Crippen molar-refractivity contribution in [2.24, 2.45) is 0 Å². The Morgan fingerprint density at radius 3 is 1.42 bits per heavy atom. The summed E-state index contributed by atoms with van der Waals surface area (Å²) < 4.78 is 34.8. The number of allylic oxidation sites excluding steroid dienone is 19. The minimum Gasteiger partial charge on any atom is -0.457 e. The number of esters is 1. The highest BCUT2D eigenvalue weighted by molar-refractivity contribution is 7.47. The summed E-state index contributed by atoms with van der Waals surface area (Å²) in [7, 11) is 1.57. The molecule has 0 saturated heterocycles. The van der Waals surface area contributed by atoms with Crippen LogP contribution in [0.1, 0.15) is 117 Å². The summed E-state index contributed by atoms with van der Waals surface area (Å²) in [5, 5.41) is 0. The second-order valence-electron chi connectivity index (χ2n) is 14.6. The molecule has 0 saturated carbocycles. The molecule has 0 aliphatic rings. The number of unbranched alkanes of at least 4 members (excludes halogenated alkanes) is 4. The third kappa shape index (κ3) is 43.9. The first-order valence-electron chi connectivity index (χ1n) is 21.3. The molecule has 8 nitrogen and oxygen atoms in total. The predicted molar refractivity (Wildman–Crippen MR) is 242 cm³/mol. The Balaban J connectivity index is 4.46. The fourth-order valence-electron chi connectivity index (χ4n) is 4.83. The summed E-state index contributed by atoms with van der Waals surface area (Å²) >= 11 is 0. The highest BCUT2D eigenvalue weighted by Crippen LogP contribution is 2.43. The van der Waals surface area contributed by atoms with Gasteiger partial charge >= 0.3 is 13.8 Å². The number of quaternary nitrogens is 1. The first kappa shape index (κ1) is 53.9. The summed E-state index contributed by atoms with van der Waals surface area (Å²) in [6.07, 6.45) is 57.0. The molecular formula is C48H79NO7P+. The molecule has 322 valence electrons. The van der Waals surface area contributed by atoms with Crippen LogP contribution in [0.3, 0.4) is 0 Å². The lowest BCUT2D eigenvalue weighted by Crippen LogP contribution is -2.37. The van der Waals surface area contributed by atoms with Crippen LogP contribution in [-0.2, 0) is 27.9 Å². The Hall–Kier alpha value is -3.10. The van der Waals surface area contributed by atoms with Gasteiger partial charge in [0.1, 0.15) is 19.3 Å². The molecule has 0 aromatic carbocycles. The van der Waals surface area contributed by atoms with Crippen molar-refractivity contribution in [2.75, 3.05) is 54.1 Å². The molecule has 0 spiro atoms. The topological polar surface area (TPSA) is 91.3 Å². The fourth-order valence-corrected chi connectivity index (χ4v) is 5.57. The van der Waals surface area contributed by atoms with Crippen LogP contribution in [0.5, 0.6) is 0 Å². The number of likely N-dealkylation sites (N-methyl/N-ethyl adjacent to an activating group) is 1. The third-order valence-corrected chi connectivity index (χ3v) is 9.04. The normalized spacial score (nSPS) is 15.0. The number of phosphoric acid groups is 1. The van der Waals surface area contributed by atoms with Crippen LogP contribution in [0.2, 0.25) is 0 Å². The number of ether oxygens (including phenoxy) is 2. The molecule has 0 heterocycles.